The molecule has 0 spiro atoms. The Balaban J connectivity index is 2.42. The first-order valence-corrected chi connectivity index (χ1v) is 5.54. The normalized spacial score (nSPS) is 10.1. The summed E-state index contributed by atoms with van der Waals surface area (Å²) < 4.78 is 1.02. The molecule has 1 heterocycles. The van der Waals surface area contributed by atoms with Crippen molar-refractivity contribution in [2.24, 2.45) is 0 Å². The third-order valence-electron chi connectivity index (χ3n) is 2.24. The fourth-order valence-corrected chi connectivity index (χ4v) is 1.66. The SMILES string of the molecule is Cc1ccc(-c2ncc(C=O)cn2)cc1Br. The maximum absolute atomic E-state index is 10.5. The summed E-state index contributed by atoms with van der Waals surface area (Å²) in [5.74, 6) is 0.617. The van der Waals surface area contributed by atoms with Gasteiger partial charge >= 0.3 is 0 Å². The lowest BCUT2D eigenvalue weighted by molar-refractivity contribution is 0.112. The highest BCUT2D eigenvalue weighted by molar-refractivity contribution is 9.10. The summed E-state index contributed by atoms with van der Waals surface area (Å²) in [6, 6.07) is 5.91. The second-order valence-electron chi connectivity index (χ2n) is 3.42. The first kappa shape index (κ1) is 11.0. The molecule has 0 saturated carbocycles. The summed E-state index contributed by atoms with van der Waals surface area (Å²) in [6.07, 6.45) is 3.76. The minimum Gasteiger partial charge on any atom is -0.298 e. The van der Waals surface area contributed by atoms with Crippen LogP contribution in [0.25, 0.3) is 11.4 Å². The first-order chi connectivity index (χ1) is 7.70. The van der Waals surface area contributed by atoms with E-state index in [-0.39, 0.29) is 0 Å². The molecule has 80 valence electrons. The van der Waals surface area contributed by atoms with E-state index in [9.17, 15) is 4.79 Å². The van der Waals surface area contributed by atoms with Crippen molar-refractivity contribution < 1.29 is 4.79 Å². The molecule has 0 radical (unpaired) electrons. The number of carbonyl (C=O) groups is 1. The monoisotopic (exact) mass is 276 g/mol. The van der Waals surface area contributed by atoms with Gasteiger partial charge in [-0.3, -0.25) is 4.79 Å². The molecule has 4 heteroatoms. The van der Waals surface area contributed by atoms with Gasteiger partial charge in [-0.15, -0.1) is 0 Å². The smallest absolute Gasteiger partial charge is 0.159 e. The number of carbonyl (C=O) groups excluding carboxylic acids is 1. The lowest BCUT2D eigenvalue weighted by atomic mass is 10.1. The van der Waals surface area contributed by atoms with Crippen molar-refractivity contribution >= 4 is 22.2 Å². The average molecular weight is 277 g/mol. The Labute approximate surface area is 102 Å². The van der Waals surface area contributed by atoms with Crippen molar-refractivity contribution in [3.8, 4) is 11.4 Å². The van der Waals surface area contributed by atoms with Crippen LogP contribution >= 0.6 is 15.9 Å². The zero-order valence-corrected chi connectivity index (χ0v) is 10.2. The Bertz CT molecular complexity index is 523. The Hall–Kier alpha value is -1.55. The summed E-state index contributed by atoms with van der Waals surface area (Å²) in [6.45, 7) is 2.02. The molecule has 0 saturated heterocycles. The number of aldehydes is 1. The van der Waals surface area contributed by atoms with Crippen molar-refractivity contribution in [1.29, 1.82) is 0 Å². The number of nitrogens with zero attached hydrogens (tertiary/aromatic N) is 2. The molecule has 2 aromatic rings. The Kier molecular flexibility index (Phi) is 3.10. The quantitative estimate of drug-likeness (QED) is 0.792. The van der Waals surface area contributed by atoms with Crippen LogP contribution in [0.5, 0.6) is 0 Å². The molecule has 1 aromatic heterocycles. The first-order valence-electron chi connectivity index (χ1n) is 4.74. The molecule has 0 amide bonds. The lowest BCUT2D eigenvalue weighted by Crippen LogP contribution is -1.91. The van der Waals surface area contributed by atoms with Crippen LogP contribution in [0.4, 0.5) is 0 Å². The molecular formula is C12H9BrN2O. The second-order valence-corrected chi connectivity index (χ2v) is 4.28. The van der Waals surface area contributed by atoms with Gasteiger partial charge in [0.1, 0.15) is 0 Å². The average Bonchev–Trinajstić information content (AvgIpc) is 2.33. The maximum Gasteiger partial charge on any atom is 0.159 e. The summed E-state index contributed by atoms with van der Waals surface area (Å²) >= 11 is 3.46. The van der Waals surface area contributed by atoms with E-state index in [1.807, 2.05) is 25.1 Å². The molecule has 0 aliphatic carbocycles. The van der Waals surface area contributed by atoms with Crippen LogP contribution in [0.1, 0.15) is 15.9 Å². The minimum atomic E-state index is 0.481. The number of hydrogen-bond acceptors (Lipinski definition) is 3. The van der Waals surface area contributed by atoms with Crippen LogP contribution in [-0.2, 0) is 0 Å². The van der Waals surface area contributed by atoms with Gasteiger partial charge in [0.2, 0.25) is 0 Å². The van der Waals surface area contributed by atoms with Gasteiger partial charge in [-0.05, 0) is 18.6 Å². The Morgan fingerprint density at radius 3 is 2.50 bits per heavy atom. The summed E-state index contributed by atoms with van der Waals surface area (Å²) in [5.41, 5.74) is 2.57. The molecule has 3 nitrogen and oxygen atoms in total. The predicted molar refractivity (Wildman–Crippen MR) is 65.3 cm³/mol. The lowest BCUT2D eigenvalue weighted by Gasteiger charge is -2.02. The second kappa shape index (κ2) is 4.53. The largest absolute Gasteiger partial charge is 0.298 e. The molecule has 0 bridgehead atoms. The molecule has 0 atom stereocenters. The highest BCUT2D eigenvalue weighted by Crippen LogP contribution is 2.22. The minimum absolute atomic E-state index is 0.481. The number of hydrogen-bond donors (Lipinski definition) is 0. The number of aryl methyl sites for hydroxylation is 1. The molecule has 0 aliphatic rings. The highest BCUT2D eigenvalue weighted by atomic mass is 79.9. The van der Waals surface area contributed by atoms with E-state index in [2.05, 4.69) is 25.9 Å². The van der Waals surface area contributed by atoms with Crippen LogP contribution in [0, 0.1) is 6.92 Å². The fourth-order valence-electron chi connectivity index (χ4n) is 1.28. The van der Waals surface area contributed by atoms with Gasteiger partial charge in [0.15, 0.2) is 12.1 Å². The fraction of sp³-hybridized carbons (Fsp3) is 0.0833. The van der Waals surface area contributed by atoms with Gasteiger partial charge in [-0.25, -0.2) is 9.97 Å². The predicted octanol–water partition coefficient (Wildman–Crippen LogP) is 3.03. The van der Waals surface area contributed by atoms with E-state index >= 15 is 0 Å². The highest BCUT2D eigenvalue weighted by Gasteiger charge is 2.03. The van der Waals surface area contributed by atoms with Gasteiger partial charge in [0.25, 0.3) is 0 Å². The number of halogens is 1. The van der Waals surface area contributed by atoms with Crippen molar-refractivity contribution in [3.05, 3.63) is 46.2 Å². The van der Waals surface area contributed by atoms with Crippen molar-refractivity contribution in [3.63, 3.8) is 0 Å². The molecule has 1 aromatic carbocycles. The number of benzene rings is 1. The molecule has 0 aliphatic heterocycles. The third-order valence-corrected chi connectivity index (χ3v) is 3.09. The molecule has 0 fully saturated rings. The van der Waals surface area contributed by atoms with E-state index in [0.717, 1.165) is 21.9 Å². The van der Waals surface area contributed by atoms with Crippen LogP contribution in [0.3, 0.4) is 0 Å². The zero-order valence-electron chi connectivity index (χ0n) is 8.64. The van der Waals surface area contributed by atoms with Gasteiger partial charge in [0.05, 0.1) is 5.56 Å². The molecule has 16 heavy (non-hydrogen) atoms. The third kappa shape index (κ3) is 2.17. The number of aromatic nitrogens is 2. The van der Waals surface area contributed by atoms with Crippen LogP contribution in [0.15, 0.2) is 35.1 Å². The standard InChI is InChI=1S/C12H9BrN2O/c1-8-2-3-10(4-11(8)13)12-14-5-9(7-16)6-15-12/h2-7H,1H3. The van der Waals surface area contributed by atoms with Gasteiger partial charge in [-0.2, -0.15) is 0 Å². The Morgan fingerprint density at radius 1 is 1.25 bits per heavy atom. The van der Waals surface area contributed by atoms with Crippen molar-refractivity contribution in [2.45, 2.75) is 6.92 Å². The van der Waals surface area contributed by atoms with Gasteiger partial charge in [-0.1, -0.05) is 28.1 Å². The van der Waals surface area contributed by atoms with Crippen LogP contribution in [-0.4, -0.2) is 16.3 Å². The maximum atomic E-state index is 10.5. The van der Waals surface area contributed by atoms with E-state index in [1.165, 1.54) is 12.4 Å². The van der Waals surface area contributed by atoms with Crippen LogP contribution in [0.2, 0.25) is 0 Å². The summed E-state index contributed by atoms with van der Waals surface area (Å²) in [5, 5.41) is 0. The van der Waals surface area contributed by atoms with Crippen molar-refractivity contribution in [1.82, 2.24) is 9.97 Å². The van der Waals surface area contributed by atoms with E-state index in [1.54, 1.807) is 0 Å². The van der Waals surface area contributed by atoms with E-state index in [0.29, 0.717) is 11.4 Å². The van der Waals surface area contributed by atoms with Crippen LogP contribution < -0.4 is 0 Å². The number of rotatable bonds is 2. The molecule has 0 N–H and O–H groups in total. The Morgan fingerprint density at radius 2 is 1.94 bits per heavy atom. The molecular weight excluding hydrogens is 268 g/mol. The van der Waals surface area contributed by atoms with Gasteiger partial charge in [0, 0.05) is 22.4 Å². The molecule has 2 rings (SSSR count). The molecule has 0 unspecified atom stereocenters. The summed E-state index contributed by atoms with van der Waals surface area (Å²) in [4.78, 5) is 18.7. The van der Waals surface area contributed by atoms with E-state index in [4.69, 9.17) is 0 Å². The summed E-state index contributed by atoms with van der Waals surface area (Å²) in [7, 11) is 0. The van der Waals surface area contributed by atoms with Crippen molar-refractivity contribution in [2.75, 3.05) is 0 Å². The topological polar surface area (TPSA) is 42.9 Å². The van der Waals surface area contributed by atoms with E-state index < -0.39 is 0 Å². The van der Waals surface area contributed by atoms with Gasteiger partial charge < -0.3 is 0 Å². The zero-order chi connectivity index (χ0) is 11.5.